The Morgan fingerprint density at radius 3 is 2.20 bits per heavy atom. The van der Waals surface area contributed by atoms with Crippen LogP contribution in [0.2, 0.25) is 0 Å². The van der Waals surface area contributed by atoms with Gasteiger partial charge in [-0.2, -0.15) is 0 Å². The van der Waals surface area contributed by atoms with E-state index in [0.29, 0.717) is 5.92 Å². The van der Waals surface area contributed by atoms with Crippen LogP contribution in [0.3, 0.4) is 0 Å². The van der Waals surface area contributed by atoms with Gasteiger partial charge in [0.15, 0.2) is 0 Å². The lowest BCUT2D eigenvalue weighted by atomic mass is 10.1. The van der Waals surface area contributed by atoms with Crippen LogP contribution >= 0.6 is 0 Å². The monoisotopic (exact) mass is 139 g/mol. The third-order valence-electron chi connectivity index (χ3n) is 1.43. The Morgan fingerprint density at radius 2 is 1.90 bits per heavy atom. The first kappa shape index (κ1) is 9.28. The Kier molecular flexibility index (Phi) is 3.85. The molecule has 0 unspecified atom stereocenters. The van der Waals surface area contributed by atoms with Crippen molar-refractivity contribution in [3.05, 3.63) is 24.4 Å². The van der Waals surface area contributed by atoms with Gasteiger partial charge in [-0.1, -0.05) is 32.6 Å². The van der Waals surface area contributed by atoms with E-state index in [4.69, 9.17) is 0 Å². The average molecular weight is 139 g/mol. The zero-order valence-corrected chi connectivity index (χ0v) is 7.20. The van der Waals surface area contributed by atoms with E-state index >= 15 is 0 Å². The highest BCUT2D eigenvalue weighted by molar-refractivity contribution is 5.02. The second kappa shape index (κ2) is 4.15. The van der Waals surface area contributed by atoms with Crippen LogP contribution in [-0.4, -0.2) is 6.54 Å². The number of allylic oxidation sites excluding steroid dienone is 1. The molecule has 1 N–H and O–H groups in total. The molecule has 10 heavy (non-hydrogen) atoms. The highest BCUT2D eigenvalue weighted by atomic mass is 14.9. The summed E-state index contributed by atoms with van der Waals surface area (Å²) in [4.78, 5) is 0. The van der Waals surface area contributed by atoms with Crippen molar-refractivity contribution in [2.75, 3.05) is 6.54 Å². The van der Waals surface area contributed by atoms with Crippen LogP contribution in [0.4, 0.5) is 0 Å². The Bertz CT molecular complexity index is 134. The molecule has 0 atom stereocenters. The minimum Gasteiger partial charge on any atom is -0.385 e. The van der Waals surface area contributed by atoms with Crippen LogP contribution in [0.15, 0.2) is 24.4 Å². The van der Waals surface area contributed by atoms with Crippen molar-refractivity contribution in [1.82, 2.24) is 5.32 Å². The minimum atomic E-state index is 0.562. The molecule has 58 valence electrons. The van der Waals surface area contributed by atoms with Gasteiger partial charge in [0.05, 0.1) is 0 Å². The van der Waals surface area contributed by atoms with Crippen molar-refractivity contribution in [2.45, 2.75) is 20.8 Å². The van der Waals surface area contributed by atoms with Gasteiger partial charge < -0.3 is 5.32 Å². The SMILES string of the molecule is C=C(C)NCC(=C)C(C)C. The molecule has 0 bridgehead atoms. The maximum Gasteiger partial charge on any atom is 0.0356 e. The van der Waals surface area contributed by atoms with Crippen LogP contribution in [-0.2, 0) is 0 Å². The van der Waals surface area contributed by atoms with Crippen LogP contribution in [0.1, 0.15) is 20.8 Å². The number of rotatable bonds is 4. The lowest BCUT2D eigenvalue weighted by Gasteiger charge is -2.10. The van der Waals surface area contributed by atoms with Gasteiger partial charge in [0, 0.05) is 12.2 Å². The second-order valence-corrected chi connectivity index (χ2v) is 2.95. The normalized spacial score (nSPS) is 9.60. The molecule has 0 spiro atoms. The Morgan fingerprint density at radius 1 is 1.40 bits per heavy atom. The molecule has 1 heteroatoms. The lowest BCUT2D eigenvalue weighted by molar-refractivity contribution is 0.711. The topological polar surface area (TPSA) is 12.0 Å². The van der Waals surface area contributed by atoms with Crippen molar-refractivity contribution < 1.29 is 0 Å². The first-order valence-corrected chi connectivity index (χ1v) is 3.61. The van der Waals surface area contributed by atoms with Gasteiger partial charge >= 0.3 is 0 Å². The second-order valence-electron chi connectivity index (χ2n) is 2.95. The summed E-state index contributed by atoms with van der Waals surface area (Å²) in [5.41, 5.74) is 2.23. The molecular weight excluding hydrogens is 122 g/mol. The Hall–Kier alpha value is -0.720. The molecule has 0 saturated heterocycles. The zero-order valence-electron chi connectivity index (χ0n) is 7.20. The molecule has 0 radical (unpaired) electrons. The number of hydrogen-bond acceptors (Lipinski definition) is 1. The van der Waals surface area contributed by atoms with E-state index in [9.17, 15) is 0 Å². The van der Waals surface area contributed by atoms with Crippen LogP contribution < -0.4 is 5.32 Å². The summed E-state index contributed by atoms with van der Waals surface area (Å²) in [6, 6.07) is 0. The molecule has 0 aromatic rings. The van der Waals surface area contributed by atoms with Gasteiger partial charge in [-0.25, -0.2) is 0 Å². The third-order valence-corrected chi connectivity index (χ3v) is 1.43. The van der Waals surface area contributed by atoms with Crippen LogP contribution in [0, 0.1) is 5.92 Å². The summed E-state index contributed by atoms with van der Waals surface area (Å²) >= 11 is 0. The molecule has 1 nitrogen and oxygen atoms in total. The summed E-state index contributed by atoms with van der Waals surface area (Å²) in [5, 5.41) is 3.13. The van der Waals surface area contributed by atoms with E-state index in [2.05, 4.69) is 32.3 Å². The molecule has 0 aliphatic carbocycles. The molecular formula is C9H17N. The smallest absolute Gasteiger partial charge is 0.0356 e. The predicted molar refractivity (Wildman–Crippen MR) is 46.8 cm³/mol. The molecule has 0 rings (SSSR count). The molecule has 0 heterocycles. The lowest BCUT2D eigenvalue weighted by Crippen LogP contribution is -2.15. The summed E-state index contributed by atoms with van der Waals surface area (Å²) < 4.78 is 0. The van der Waals surface area contributed by atoms with Gasteiger partial charge in [-0.15, -0.1) is 0 Å². The van der Waals surface area contributed by atoms with Crippen molar-refractivity contribution in [3.63, 3.8) is 0 Å². The summed E-state index contributed by atoms with van der Waals surface area (Å²) in [5.74, 6) is 0.562. The molecule has 0 aliphatic heterocycles. The summed E-state index contributed by atoms with van der Waals surface area (Å²) in [7, 11) is 0. The maximum absolute atomic E-state index is 3.92. The fraction of sp³-hybridized carbons (Fsp3) is 0.556. The minimum absolute atomic E-state index is 0.562. The highest BCUT2D eigenvalue weighted by Crippen LogP contribution is 2.04. The number of nitrogens with one attached hydrogen (secondary N) is 1. The van der Waals surface area contributed by atoms with Crippen molar-refractivity contribution >= 4 is 0 Å². The van der Waals surface area contributed by atoms with Gasteiger partial charge in [-0.3, -0.25) is 0 Å². The third kappa shape index (κ3) is 4.19. The summed E-state index contributed by atoms with van der Waals surface area (Å²) in [6.07, 6.45) is 0. The van der Waals surface area contributed by atoms with Crippen molar-refractivity contribution in [1.29, 1.82) is 0 Å². The largest absolute Gasteiger partial charge is 0.385 e. The van der Waals surface area contributed by atoms with Crippen LogP contribution in [0.5, 0.6) is 0 Å². The fourth-order valence-corrected chi connectivity index (χ4v) is 0.469. The molecule has 0 amide bonds. The molecule has 0 aliphatic rings. The van der Waals surface area contributed by atoms with E-state index in [1.54, 1.807) is 0 Å². The van der Waals surface area contributed by atoms with Crippen molar-refractivity contribution in [3.8, 4) is 0 Å². The fourth-order valence-electron chi connectivity index (χ4n) is 0.469. The number of hydrogen-bond donors (Lipinski definition) is 1. The van der Waals surface area contributed by atoms with E-state index in [1.165, 1.54) is 5.57 Å². The Balaban J connectivity index is 3.50. The molecule has 0 saturated carbocycles. The highest BCUT2D eigenvalue weighted by Gasteiger charge is 1.97. The van der Waals surface area contributed by atoms with Gasteiger partial charge in [0.1, 0.15) is 0 Å². The molecule has 0 fully saturated rings. The average Bonchev–Trinajstić information content (AvgIpc) is 1.82. The van der Waals surface area contributed by atoms with Gasteiger partial charge in [0.25, 0.3) is 0 Å². The summed E-state index contributed by atoms with van der Waals surface area (Å²) in [6.45, 7) is 14.7. The van der Waals surface area contributed by atoms with Crippen LogP contribution in [0.25, 0.3) is 0 Å². The molecule has 0 aromatic heterocycles. The maximum atomic E-state index is 3.92. The standard InChI is InChI=1S/C9H17N/c1-7(2)9(5)6-10-8(3)4/h7,10H,3,5-6H2,1-2,4H3. The first-order valence-electron chi connectivity index (χ1n) is 3.61. The van der Waals surface area contributed by atoms with E-state index in [1.807, 2.05) is 6.92 Å². The molecule has 0 aromatic carbocycles. The quantitative estimate of drug-likeness (QED) is 0.589. The zero-order chi connectivity index (χ0) is 8.15. The van der Waals surface area contributed by atoms with E-state index in [0.717, 1.165) is 12.2 Å². The van der Waals surface area contributed by atoms with E-state index in [-0.39, 0.29) is 0 Å². The van der Waals surface area contributed by atoms with Gasteiger partial charge in [0.2, 0.25) is 0 Å². The van der Waals surface area contributed by atoms with E-state index < -0.39 is 0 Å². The predicted octanol–water partition coefficient (Wildman–Crippen LogP) is 2.32. The Labute approximate surface area is 63.8 Å². The first-order chi connectivity index (χ1) is 4.54. The van der Waals surface area contributed by atoms with Crippen molar-refractivity contribution in [2.24, 2.45) is 5.92 Å². The van der Waals surface area contributed by atoms with Gasteiger partial charge in [-0.05, 0) is 12.8 Å².